The minimum absolute atomic E-state index is 0.219. The number of nitrogens with one attached hydrogen (secondary N) is 1. The van der Waals surface area contributed by atoms with E-state index in [1.807, 2.05) is 25.1 Å². The lowest BCUT2D eigenvalue weighted by molar-refractivity contribution is -0.906. The topological polar surface area (TPSA) is 46.9 Å². The van der Waals surface area contributed by atoms with Crippen molar-refractivity contribution in [3.05, 3.63) is 59.4 Å². The number of aryl methyl sites for hydroxylation is 1. The van der Waals surface area contributed by atoms with E-state index in [2.05, 4.69) is 0 Å². The minimum Gasteiger partial charge on any atom is -0.370 e. The van der Waals surface area contributed by atoms with Crippen LogP contribution in [-0.4, -0.2) is 50.3 Å². The number of nitrogens with zero attached hydrogens (tertiary/aromatic N) is 2. The molecule has 0 bridgehead atoms. The van der Waals surface area contributed by atoms with Crippen molar-refractivity contribution in [2.75, 3.05) is 44.3 Å². The molecule has 0 aliphatic carbocycles. The van der Waals surface area contributed by atoms with Crippen LogP contribution in [0.25, 0.3) is 10.2 Å². The summed E-state index contributed by atoms with van der Waals surface area (Å²) in [4.78, 5) is 21.1. The average molecular weight is 400 g/mol. The van der Waals surface area contributed by atoms with Crippen molar-refractivity contribution in [1.29, 1.82) is 0 Å². The molecule has 0 saturated carbocycles. The molecule has 1 saturated heterocycles. The first-order chi connectivity index (χ1) is 13.6. The minimum atomic E-state index is -0.412. The van der Waals surface area contributed by atoms with Crippen LogP contribution in [0.3, 0.4) is 0 Å². The number of hydrogen-bond acceptors (Lipinski definition) is 4. The smallest absolute Gasteiger partial charge is 0.260 e. The largest absolute Gasteiger partial charge is 0.370 e. The lowest BCUT2D eigenvalue weighted by Gasteiger charge is -2.27. The number of hydrogen-bond donors (Lipinski definition) is 1. The van der Waals surface area contributed by atoms with Gasteiger partial charge in [-0.3, -0.25) is 9.69 Å². The van der Waals surface area contributed by atoms with Gasteiger partial charge in [0.2, 0.25) is 0 Å². The summed E-state index contributed by atoms with van der Waals surface area (Å²) in [5.41, 5.74) is 2.34. The van der Waals surface area contributed by atoms with E-state index in [9.17, 15) is 9.18 Å². The first kappa shape index (κ1) is 19.0. The SMILES string of the molecule is Cc1cccc2sc(N(CC[NH+]3CCOCC3)C(=O)c3cccc(F)c3)nc12. The number of ether oxygens (including phenoxy) is 1. The Bertz CT molecular complexity index is 985. The third-order valence-corrected chi connectivity index (χ3v) is 6.09. The van der Waals surface area contributed by atoms with Gasteiger partial charge in [0, 0.05) is 5.56 Å². The standard InChI is InChI=1S/C21H22FN3O2S/c1-15-4-2-7-18-19(15)23-21(28-18)25(9-8-24-10-12-27-13-11-24)20(26)16-5-3-6-17(22)14-16/h2-7,14H,8-13H2,1H3/p+1. The Labute approximate surface area is 167 Å². The van der Waals surface area contributed by atoms with Crippen LogP contribution in [-0.2, 0) is 4.74 Å². The number of quaternary nitrogens is 1. The highest BCUT2D eigenvalue weighted by atomic mass is 32.1. The molecule has 1 fully saturated rings. The molecule has 3 aromatic rings. The van der Waals surface area contributed by atoms with Crippen molar-refractivity contribution in [3.63, 3.8) is 0 Å². The number of rotatable bonds is 5. The first-order valence-corrected chi connectivity index (χ1v) is 10.3. The summed E-state index contributed by atoms with van der Waals surface area (Å²) >= 11 is 1.50. The van der Waals surface area contributed by atoms with Crippen LogP contribution in [0, 0.1) is 12.7 Å². The molecule has 0 spiro atoms. The van der Waals surface area contributed by atoms with Crippen LogP contribution in [0.15, 0.2) is 42.5 Å². The second-order valence-electron chi connectivity index (χ2n) is 7.00. The molecule has 2 heterocycles. The molecule has 4 rings (SSSR count). The molecule has 1 aromatic heterocycles. The van der Waals surface area contributed by atoms with Crippen LogP contribution in [0.5, 0.6) is 0 Å². The van der Waals surface area contributed by atoms with Gasteiger partial charge in [-0.15, -0.1) is 0 Å². The fourth-order valence-electron chi connectivity index (χ4n) is 3.43. The number of benzene rings is 2. The summed E-state index contributed by atoms with van der Waals surface area (Å²) in [6, 6.07) is 11.9. The zero-order valence-electron chi connectivity index (χ0n) is 15.8. The van der Waals surface area contributed by atoms with E-state index in [1.165, 1.54) is 28.4 Å². The fourth-order valence-corrected chi connectivity index (χ4v) is 4.50. The number of aromatic nitrogens is 1. The maximum atomic E-state index is 13.7. The number of anilines is 1. The number of morpholine rings is 1. The Morgan fingerprint density at radius 2 is 2.04 bits per heavy atom. The summed E-state index contributed by atoms with van der Waals surface area (Å²) in [5.74, 6) is -0.631. The number of halogens is 1. The van der Waals surface area contributed by atoms with Gasteiger partial charge in [0.15, 0.2) is 5.13 Å². The molecule has 2 aromatic carbocycles. The van der Waals surface area contributed by atoms with Crippen LogP contribution < -0.4 is 9.80 Å². The Morgan fingerprint density at radius 3 is 2.79 bits per heavy atom. The lowest BCUT2D eigenvalue weighted by atomic mass is 10.2. The summed E-state index contributed by atoms with van der Waals surface area (Å²) in [6.45, 7) is 6.70. The maximum Gasteiger partial charge on any atom is 0.260 e. The van der Waals surface area contributed by atoms with Gasteiger partial charge in [0.25, 0.3) is 5.91 Å². The zero-order valence-corrected chi connectivity index (χ0v) is 16.6. The van der Waals surface area contributed by atoms with Crippen molar-refractivity contribution in [1.82, 2.24) is 4.98 Å². The molecule has 0 radical (unpaired) electrons. The van der Waals surface area contributed by atoms with Gasteiger partial charge in [-0.2, -0.15) is 0 Å². The second kappa shape index (κ2) is 8.34. The number of carbonyl (C=O) groups excluding carboxylic acids is 1. The zero-order chi connectivity index (χ0) is 19.5. The Kier molecular flexibility index (Phi) is 5.66. The normalized spacial score (nSPS) is 15.1. The van der Waals surface area contributed by atoms with Gasteiger partial charge in [0.05, 0.1) is 36.5 Å². The molecular formula is C21H23FN3O2S+. The molecule has 1 amide bonds. The third kappa shape index (κ3) is 4.06. The molecule has 28 heavy (non-hydrogen) atoms. The first-order valence-electron chi connectivity index (χ1n) is 9.47. The highest BCUT2D eigenvalue weighted by molar-refractivity contribution is 7.22. The van der Waals surface area contributed by atoms with E-state index >= 15 is 0 Å². The van der Waals surface area contributed by atoms with Gasteiger partial charge >= 0.3 is 0 Å². The van der Waals surface area contributed by atoms with Crippen LogP contribution in [0.2, 0.25) is 0 Å². The summed E-state index contributed by atoms with van der Waals surface area (Å²) < 4.78 is 20.2. The molecule has 1 aliphatic rings. The molecule has 1 N–H and O–H groups in total. The highest BCUT2D eigenvalue weighted by Crippen LogP contribution is 2.31. The predicted octanol–water partition coefficient (Wildman–Crippen LogP) is 2.31. The predicted molar refractivity (Wildman–Crippen MR) is 109 cm³/mol. The maximum absolute atomic E-state index is 13.7. The average Bonchev–Trinajstić information content (AvgIpc) is 3.14. The van der Waals surface area contributed by atoms with E-state index in [-0.39, 0.29) is 5.91 Å². The summed E-state index contributed by atoms with van der Waals surface area (Å²) in [7, 11) is 0. The highest BCUT2D eigenvalue weighted by Gasteiger charge is 2.24. The van der Waals surface area contributed by atoms with Gasteiger partial charge in [0.1, 0.15) is 18.9 Å². The number of fused-ring (bicyclic) bond motifs is 1. The van der Waals surface area contributed by atoms with Gasteiger partial charge in [-0.25, -0.2) is 9.37 Å². The van der Waals surface area contributed by atoms with Crippen LogP contribution in [0.1, 0.15) is 15.9 Å². The molecule has 0 unspecified atom stereocenters. The van der Waals surface area contributed by atoms with Crippen molar-refractivity contribution >= 4 is 32.6 Å². The van der Waals surface area contributed by atoms with Gasteiger partial charge < -0.3 is 9.64 Å². The number of amides is 1. The monoisotopic (exact) mass is 400 g/mol. The van der Waals surface area contributed by atoms with Crippen molar-refractivity contribution in [3.8, 4) is 0 Å². The van der Waals surface area contributed by atoms with Gasteiger partial charge in [-0.05, 0) is 36.8 Å². The second-order valence-corrected chi connectivity index (χ2v) is 8.01. The van der Waals surface area contributed by atoms with Crippen molar-refractivity contribution in [2.24, 2.45) is 0 Å². The van der Waals surface area contributed by atoms with E-state index in [0.717, 1.165) is 48.6 Å². The number of thiazole rings is 1. The molecular weight excluding hydrogens is 377 g/mol. The van der Waals surface area contributed by atoms with E-state index in [1.54, 1.807) is 17.0 Å². The van der Waals surface area contributed by atoms with Crippen LogP contribution >= 0.6 is 11.3 Å². The molecule has 1 aliphatic heterocycles. The Hall–Kier alpha value is -2.35. The van der Waals surface area contributed by atoms with Crippen molar-refractivity contribution < 1.29 is 18.8 Å². The third-order valence-electron chi connectivity index (χ3n) is 5.05. The van der Waals surface area contributed by atoms with Crippen molar-refractivity contribution in [2.45, 2.75) is 6.92 Å². The van der Waals surface area contributed by atoms with Crippen LogP contribution in [0.4, 0.5) is 9.52 Å². The molecule has 5 nitrogen and oxygen atoms in total. The van der Waals surface area contributed by atoms with E-state index in [0.29, 0.717) is 17.2 Å². The summed E-state index contributed by atoms with van der Waals surface area (Å²) in [5, 5.41) is 0.659. The number of carbonyl (C=O) groups is 1. The molecule has 7 heteroatoms. The molecule has 0 atom stereocenters. The quantitative estimate of drug-likeness (QED) is 0.715. The molecule has 146 valence electrons. The lowest BCUT2D eigenvalue weighted by Crippen LogP contribution is -3.14. The van der Waals surface area contributed by atoms with E-state index in [4.69, 9.17) is 9.72 Å². The van der Waals surface area contributed by atoms with E-state index < -0.39 is 5.82 Å². The Morgan fingerprint density at radius 1 is 1.25 bits per heavy atom. The number of para-hydroxylation sites is 1. The van der Waals surface area contributed by atoms with Gasteiger partial charge in [-0.1, -0.05) is 29.5 Å². The summed E-state index contributed by atoms with van der Waals surface area (Å²) in [6.07, 6.45) is 0. The Balaban J connectivity index is 1.65. The fraction of sp³-hybridized carbons (Fsp3) is 0.333.